The minimum atomic E-state index is -4.67. The Bertz CT molecular complexity index is 947. The Morgan fingerprint density at radius 2 is 1.97 bits per heavy atom. The SMILES string of the molecule is FC(F)(F)c1nc(-c2ccc(CNCC3CN(c4ccccc4)CCO3)nc2)no1. The second kappa shape index (κ2) is 8.80. The number of anilines is 1. The van der Waals surface area contributed by atoms with Gasteiger partial charge in [0.15, 0.2) is 0 Å². The maximum Gasteiger partial charge on any atom is 0.471 e. The second-order valence-corrected chi connectivity index (χ2v) is 6.86. The predicted octanol–water partition coefficient (Wildman–Crippen LogP) is 3.15. The van der Waals surface area contributed by atoms with Crippen LogP contribution in [0.5, 0.6) is 0 Å². The van der Waals surface area contributed by atoms with Crippen LogP contribution in [0.25, 0.3) is 11.4 Å². The lowest BCUT2D eigenvalue weighted by Gasteiger charge is -2.34. The number of ether oxygens (including phenoxy) is 1. The second-order valence-electron chi connectivity index (χ2n) is 6.86. The number of aromatic nitrogens is 3. The first-order valence-electron chi connectivity index (χ1n) is 9.47. The van der Waals surface area contributed by atoms with Gasteiger partial charge in [0.2, 0.25) is 5.82 Å². The molecular weight excluding hydrogens is 399 g/mol. The van der Waals surface area contributed by atoms with Crippen molar-refractivity contribution in [2.24, 2.45) is 0 Å². The van der Waals surface area contributed by atoms with Crippen LogP contribution in [-0.4, -0.2) is 47.5 Å². The molecule has 1 fully saturated rings. The summed E-state index contributed by atoms with van der Waals surface area (Å²) in [5.74, 6) is -1.52. The van der Waals surface area contributed by atoms with Crippen molar-refractivity contribution in [1.82, 2.24) is 20.4 Å². The number of morpholine rings is 1. The quantitative estimate of drug-likeness (QED) is 0.658. The van der Waals surface area contributed by atoms with Crippen LogP contribution in [0.1, 0.15) is 11.6 Å². The van der Waals surface area contributed by atoms with Gasteiger partial charge in [-0.05, 0) is 24.3 Å². The smallest absolute Gasteiger partial charge is 0.373 e. The molecule has 1 aromatic carbocycles. The Balaban J connectivity index is 1.28. The molecule has 10 heteroatoms. The normalized spacial score (nSPS) is 17.3. The molecule has 0 saturated carbocycles. The molecule has 3 heterocycles. The van der Waals surface area contributed by atoms with E-state index in [2.05, 4.69) is 42.0 Å². The molecule has 0 radical (unpaired) electrons. The topological polar surface area (TPSA) is 76.3 Å². The third-order valence-corrected chi connectivity index (χ3v) is 4.69. The highest BCUT2D eigenvalue weighted by Gasteiger charge is 2.38. The average molecular weight is 419 g/mol. The Kier molecular flexibility index (Phi) is 5.96. The number of alkyl halides is 3. The third-order valence-electron chi connectivity index (χ3n) is 4.69. The van der Waals surface area contributed by atoms with Crippen LogP contribution in [-0.2, 0) is 17.5 Å². The number of hydrogen-bond donors (Lipinski definition) is 1. The van der Waals surface area contributed by atoms with E-state index in [4.69, 9.17) is 4.74 Å². The van der Waals surface area contributed by atoms with Gasteiger partial charge in [0.25, 0.3) is 0 Å². The van der Waals surface area contributed by atoms with Crippen molar-refractivity contribution in [2.75, 3.05) is 31.1 Å². The number of hydrogen-bond acceptors (Lipinski definition) is 7. The fraction of sp³-hybridized carbons (Fsp3) is 0.350. The summed E-state index contributed by atoms with van der Waals surface area (Å²) >= 11 is 0. The van der Waals surface area contributed by atoms with Crippen molar-refractivity contribution >= 4 is 5.69 Å². The Morgan fingerprint density at radius 3 is 2.67 bits per heavy atom. The molecule has 0 amide bonds. The average Bonchev–Trinajstić information content (AvgIpc) is 3.26. The number of nitrogens with one attached hydrogen (secondary N) is 1. The van der Waals surface area contributed by atoms with Gasteiger partial charge in [0.05, 0.1) is 18.4 Å². The minimum Gasteiger partial charge on any atom is -0.373 e. The van der Waals surface area contributed by atoms with Crippen LogP contribution in [0.15, 0.2) is 53.2 Å². The molecule has 3 aromatic rings. The maximum absolute atomic E-state index is 12.6. The summed E-state index contributed by atoms with van der Waals surface area (Å²) in [6.45, 7) is 3.48. The van der Waals surface area contributed by atoms with Crippen LogP contribution >= 0.6 is 0 Å². The standard InChI is InChI=1S/C20H20F3N5O2/c21-20(22,23)19-26-18(27-30-19)14-6-7-15(25-10-14)11-24-12-17-13-28(8-9-29-17)16-4-2-1-3-5-16/h1-7,10,17,24H,8-9,11-13H2. The summed E-state index contributed by atoms with van der Waals surface area (Å²) in [5, 5.41) is 6.67. The van der Waals surface area contributed by atoms with E-state index < -0.39 is 12.1 Å². The molecule has 1 N–H and O–H groups in total. The summed E-state index contributed by atoms with van der Waals surface area (Å²) in [6.07, 6.45) is -3.19. The molecule has 2 aromatic heterocycles. The zero-order valence-electron chi connectivity index (χ0n) is 16.0. The zero-order valence-corrected chi connectivity index (χ0v) is 16.0. The lowest BCUT2D eigenvalue weighted by Crippen LogP contribution is -2.46. The molecular formula is C20H20F3N5O2. The maximum atomic E-state index is 12.6. The van der Waals surface area contributed by atoms with E-state index in [1.165, 1.54) is 11.9 Å². The zero-order chi connectivity index (χ0) is 21.0. The molecule has 1 unspecified atom stereocenters. The summed E-state index contributed by atoms with van der Waals surface area (Å²) in [4.78, 5) is 9.91. The van der Waals surface area contributed by atoms with Crippen LogP contribution in [0.4, 0.5) is 18.9 Å². The molecule has 158 valence electrons. The van der Waals surface area contributed by atoms with Crippen molar-refractivity contribution < 1.29 is 22.4 Å². The number of nitrogens with zero attached hydrogens (tertiary/aromatic N) is 4. The lowest BCUT2D eigenvalue weighted by atomic mass is 10.2. The molecule has 4 rings (SSSR count). The molecule has 0 spiro atoms. The van der Waals surface area contributed by atoms with Gasteiger partial charge in [-0.25, -0.2) is 0 Å². The van der Waals surface area contributed by atoms with Crippen LogP contribution in [0.3, 0.4) is 0 Å². The van der Waals surface area contributed by atoms with Gasteiger partial charge < -0.3 is 19.5 Å². The monoisotopic (exact) mass is 419 g/mol. The Morgan fingerprint density at radius 1 is 1.13 bits per heavy atom. The van der Waals surface area contributed by atoms with Gasteiger partial charge >= 0.3 is 12.1 Å². The number of para-hydroxylation sites is 1. The third kappa shape index (κ3) is 4.95. The van der Waals surface area contributed by atoms with Crippen molar-refractivity contribution in [2.45, 2.75) is 18.8 Å². The van der Waals surface area contributed by atoms with Crippen molar-refractivity contribution in [1.29, 1.82) is 0 Å². The first kappa shape index (κ1) is 20.3. The fourth-order valence-corrected chi connectivity index (χ4v) is 3.19. The lowest BCUT2D eigenvalue weighted by molar-refractivity contribution is -0.159. The van der Waals surface area contributed by atoms with E-state index in [9.17, 15) is 13.2 Å². The summed E-state index contributed by atoms with van der Waals surface area (Å²) in [6, 6.07) is 13.5. The Hall–Kier alpha value is -2.98. The van der Waals surface area contributed by atoms with Crippen LogP contribution in [0, 0.1) is 0 Å². The first-order valence-corrected chi connectivity index (χ1v) is 9.47. The van der Waals surface area contributed by atoms with Crippen molar-refractivity contribution in [3.8, 4) is 11.4 Å². The van der Waals surface area contributed by atoms with Gasteiger partial charge in [0.1, 0.15) is 0 Å². The van der Waals surface area contributed by atoms with Gasteiger partial charge in [0, 0.05) is 43.6 Å². The van der Waals surface area contributed by atoms with E-state index in [-0.39, 0.29) is 11.9 Å². The molecule has 7 nitrogen and oxygen atoms in total. The van der Waals surface area contributed by atoms with E-state index in [0.29, 0.717) is 25.3 Å². The fourth-order valence-electron chi connectivity index (χ4n) is 3.19. The van der Waals surface area contributed by atoms with E-state index in [1.54, 1.807) is 12.1 Å². The highest BCUT2D eigenvalue weighted by atomic mass is 19.4. The number of pyridine rings is 1. The molecule has 1 aliphatic rings. The number of benzene rings is 1. The van der Waals surface area contributed by atoms with Gasteiger partial charge in [-0.2, -0.15) is 18.2 Å². The number of halogens is 3. The van der Waals surface area contributed by atoms with Crippen LogP contribution in [0.2, 0.25) is 0 Å². The van der Waals surface area contributed by atoms with E-state index in [1.807, 2.05) is 18.2 Å². The first-order chi connectivity index (χ1) is 14.5. The predicted molar refractivity (Wildman–Crippen MR) is 103 cm³/mol. The largest absolute Gasteiger partial charge is 0.471 e. The van der Waals surface area contributed by atoms with Crippen LogP contribution < -0.4 is 10.2 Å². The van der Waals surface area contributed by atoms with E-state index >= 15 is 0 Å². The summed E-state index contributed by atoms with van der Waals surface area (Å²) in [7, 11) is 0. The number of rotatable bonds is 6. The summed E-state index contributed by atoms with van der Waals surface area (Å²) in [5.41, 5.74) is 2.28. The highest BCUT2D eigenvalue weighted by molar-refractivity contribution is 5.52. The van der Waals surface area contributed by atoms with Crippen molar-refractivity contribution in [3.05, 3.63) is 60.2 Å². The van der Waals surface area contributed by atoms with Crippen molar-refractivity contribution in [3.63, 3.8) is 0 Å². The van der Waals surface area contributed by atoms with E-state index in [0.717, 1.165) is 18.8 Å². The molecule has 1 atom stereocenters. The van der Waals surface area contributed by atoms with Gasteiger partial charge in [-0.1, -0.05) is 23.4 Å². The molecule has 1 saturated heterocycles. The highest BCUT2D eigenvalue weighted by Crippen LogP contribution is 2.29. The van der Waals surface area contributed by atoms with Gasteiger partial charge in [-0.15, -0.1) is 0 Å². The molecule has 30 heavy (non-hydrogen) atoms. The van der Waals surface area contributed by atoms with Gasteiger partial charge in [-0.3, -0.25) is 4.98 Å². The molecule has 1 aliphatic heterocycles. The molecule has 0 aliphatic carbocycles. The molecule has 0 bridgehead atoms. The Labute approximate surface area is 170 Å². The minimum absolute atomic E-state index is 0.0540. The summed E-state index contributed by atoms with van der Waals surface area (Å²) < 4.78 is 47.8.